The molecule has 0 bridgehead atoms. The van der Waals surface area contributed by atoms with E-state index in [-0.39, 0.29) is 12.0 Å². The highest BCUT2D eigenvalue weighted by Gasteiger charge is 2.30. The van der Waals surface area contributed by atoms with Crippen LogP contribution in [0.3, 0.4) is 0 Å². The maximum absolute atomic E-state index is 13.2. The lowest BCUT2D eigenvalue weighted by atomic mass is 9.95. The van der Waals surface area contributed by atoms with Crippen LogP contribution in [0.2, 0.25) is 0 Å². The predicted molar refractivity (Wildman–Crippen MR) is 118 cm³/mol. The standard InChI is InChI=1S/C23H36N2O6/c1-8-24(22(27)31-23(2,3)4)15-16-11-13-25(14-12-16)21(26)17-9-10-18(28-5)20(30-7)19(17)29-6/h9-10,16H,8,11-15H2,1-7H3. The van der Waals surface area contributed by atoms with Crippen LogP contribution in [0.4, 0.5) is 4.79 Å². The van der Waals surface area contributed by atoms with Crippen LogP contribution in [0.1, 0.15) is 50.9 Å². The van der Waals surface area contributed by atoms with Gasteiger partial charge in [-0.3, -0.25) is 4.79 Å². The Kier molecular flexibility index (Phi) is 8.42. The number of benzene rings is 1. The van der Waals surface area contributed by atoms with E-state index < -0.39 is 5.60 Å². The molecule has 1 aromatic carbocycles. The molecule has 1 saturated heterocycles. The summed E-state index contributed by atoms with van der Waals surface area (Å²) in [5.41, 5.74) is -0.0683. The van der Waals surface area contributed by atoms with Crippen molar-refractivity contribution in [3.05, 3.63) is 17.7 Å². The Morgan fingerprint density at radius 2 is 1.65 bits per heavy atom. The summed E-state index contributed by atoms with van der Waals surface area (Å²) in [5, 5.41) is 0. The minimum absolute atomic E-state index is 0.101. The number of amides is 2. The number of likely N-dealkylation sites (tertiary alicyclic amines) is 1. The van der Waals surface area contributed by atoms with E-state index in [1.54, 1.807) is 24.1 Å². The second kappa shape index (κ2) is 10.6. The molecule has 0 radical (unpaired) electrons. The van der Waals surface area contributed by atoms with Crippen LogP contribution in [0.5, 0.6) is 17.2 Å². The van der Waals surface area contributed by atoms with E-state index in [0.717, 1.165) is 12.8 Å². The summed E-state index contributed by atoms with van der Waals surface area (Å²) >= 11 is 0. The molecule has 2 rings (SSSR count). The molecular weight excluding hydrogens is 400 g/mol. The molecule has 1 heterocycles. The van der Waals surface area contributed by atoms with Crippen molar-refractivity contribution >= 4 is 12.0 Å². The van der Waals surface area contributed by atoms with E-state index in [2.05, 4.69) is 0 Å². The normalized spacial score (nSPS) is 14.7. The first-order valence-electron chi connectivity index (χ1n) is 10.7. The van der Waals surface area contributed by atoms with Gasteiger partial charge in [-0.05, 0) is 58.6 Å². The van der Waals surface area contributed by atoms with Gasteiger partial charge >= 0.3 is 6.09 Å². The summed E-state index contributed by atoms with van der Waals surface area (Å²) in [6.07, 6.45) is 1.35. The highest BCUT2D eigenvalue weighted by Crippen LogP contribution is 2.40. The molecule has 174 valence electrons. The van der Waals surface area contributed by atoms with Gasteiger partial charge in [0.2, 0.25) is 5.75 Å². The highest BCUT2D eigenvalue weighted by atomic mass is 16.6. The largest absolute Gasteiger partial charge is 0.493 e. The fraction of sp³-hybridized carbons (Fsp3) is 0.652. The van der Waals surface area contributed by atoms with Gasteiger partial charge in [-0.15, -0.1) is 0 Å². The molecule has 0 atom stereocenters. The number of ether oxygens (including phenoxy) is 4. The van der Waals surface area contributed by atoms with Crippen molar-refractivity contribution in [2.75, 3.05) is 47.5 Å². The molecule has 0 N–H and O–H groups in total. The van der Waals surface area contributed by atoms with Gasteiger partial charge in [0.25, 0.3) is 5.91 Å². The number of carbonyl (C=O) groups excluding carboxylic acids is 2. The van der Waals surface area contributed by atoms with Gasteiger partial charge in [-0.25, -0.2) is 4.79 Å². The van der Waals surface area contributed by atoms with Crippen LogP contribution in [-0.2, 0) is 4.74 Å². The molecule has 8 nitrogen and oxygen atoms in total. The average molecular weight is 437 g/mol. The first-order chi connectivity index (χ1) is 14.6. The molecule has 8 heteroatoms. The van der Waals surface area contributed by atoms with E-state index in [1.807, 2.05) is 32.6 Å². The number of nitrogens with zero attached hydrogens (tertiary/aromatic N) is 2. The SMILES string of the molecule is CCN(CC1CCN(C(=O)c2ccc(OC)c(OC)c2OC)CC1)C(=O)OC(C)(C)C. The smallest absolute Gasteiger partial charge is 0.410 e. The summed E-state index contributed by atoms with van der Waals surface area (Å²) in [7, 11) is 4.57. The van der Waals surface area contributed by atoms with E-state index in [1.165, 1.54) is 14.2 Å². The second-order valence-corrected chi connectivity index (χ2v) is 8.64. The van der Waals surface area contributed by atoms with Crippen molar-refractivity contribution in [2.45, 2.75) is 46.1 Å². The van der Waals surface area contributed by atoms with Crippen LogP contribution in [0.25, 0.3) is 0 Å². The maximum Gasteiger partial charge on any atom is 0.410 e. The van der Waals surface area contributed by atoms with Crippen molar-refractivity contribution in [1.82, 2.24) is 9.80 Å². The Hall–Kier alpha value is -2.64. The van der Waals surface area contributed by atoms with Gasteiger partial charge in [0.15, 0.2) is 11.5 Å². The number of piperidine rings is 1. The minimum Gasteiger partial charge on any atom is -0.493 e. The quantitative estimate of drug-likeness (QED) is 0.647. The van der Waals surface area contributed by atoms with Crippen LogP contribution in [-0.4, -0.2) is 74.9 Å². The zero-order valence-corrected chi connectivity index (χ0v) is 19.8. The summed E-state index contributed by atoms with van der Waals surface area (Å²) in [6, 6.07) is 3.41. The summed E-state index contributed by atoms with van der Waals surface area (Å²) in [5.74, 6) is 1.51. The molecule has 31 heavy (non-hydrogen) atoms. The van der Waals surface area contributed by atoms with Crippen LogP contribution < -0.4 is 14.2 Å². The fourth-order valence-electron chi connectivity index (χ4n) is 3.73. The molecule has 1 aromatic rings. The van der Waals surface area contributed by atoms with E-state index >= 15 is 0 Å². The molecule has 1 aliphatic heterocycles. The average Bonchev–Trinajstić information content (AvgIpc) is 2.74. The number of methoxy groups -OCH3 is 3. The van der Waals surface area contributed by atoms with Crippen LogP contribution in [0, 0.1) is 5.92 Å². The highest BCUT2D eigenvalue weighted by molar-refractivity contribution is 5.98. The Balaban J connectivity index is 2.03. The molecule has 1 fully saturated rings. The van der Waals surface area contributed by atoms with Crippen LogP contribution >= 0.6 is 0 Å². The van der Waals surface area contributed by atoms with Gasteiger partial charge in [-0.2, -0.15) is 0 Å². The number of carbonyl (C=O) groups is 2. The third-order valence-electron chi connectivity index (χ3n) is 5.35. The Morgan fingerprint density at radius 3 is 2.13 bits per heavy atom. The molecular formula is C23H36N2O6. The van der Waals surface area contributed by atoms with Crippen LogP contribution in [0.15, 0.2) is 12.1 Å². The van der Waals surface area contributed by atoms with Crippen molar-refractivity contribution in [3.63, 3.8) is 0 Å². The monoisotopic (exact) mass is 436 g/mol. The predicted octanol–water partition coefficient (Wildman–Crippen LogP) is 3.82. The lowest BCUT2D eigenvalue weighted by molar-refractivity contribution is 0.0202. The summed E-state index contributed by atoms with van der Waals surface area (Å²) in [4.78, 5) is 29.1. The lowest BCUT2D eigenvalue weighted by Crippen LogP contribution is -2.44. The van der Waals surface area contributed by atoms with Crippen molar-refractivity contribution in [2.24, 2.45) is 5.92 Å². The number of rotatable bonds is 7. The third kappa shape index (κ3) is 6.18. The number of hydrogen-bond acceptors (Lipinski definition) is 6. The Morgan fingerprint density at radius 1 is 1.03 bits per heavy atom. The minimum atomic E-state index is -0.515. The van der Waals surface area contributed by atoms with Crippen molar-refractivity contribution in [1.29, 1.82) is 0 Å². The maximum atomic E-state index is 13.2. The van der Waals surface area contributed by atoms with E-state index in [9.17, 15) is 9.59 Å². The molecule has 0 saturated carbocycles. The fourth-order valence-corrected chi connectivity index (χ4v) is 3.73. The van der Waals surface area contributed by atoms with Gasteiger partial charge in [0.05, 0.1) is 26.9 Å². The number of hydrogen-bond donors (Lipinski definition) is 0. The molecule has 0 aliphatic carbocycles. The first-order valence-corrected chi connectivity index (χ1v) is 10.7. The third-order valence-corrected chi connectivity index (χ3v) is 5.35. The Labute approximate surface area is 185 Å². The molecule has 0 aromatic heterocycles. The lowest BCUT2D eigenvalue weighted by Gasteiger charge is -2.35. The topological polar surface area (TPSA) is 77.5 Å². The van der Waals surface area contributed by atoms with Crippen molar-refractivity contribution < 1.29 is 28.5 Å². The summed E-state index contributed by atoms with van der Waals surface area (Å²) in [6.45, 7) is 10.0. The molecule has 1 aliphatic rings. The van der Waals surface area contributed by atoms with Gasteiger partial charge in [0, 0.05) is 26.2 Å². The molecule has 2 amide bonds. The van der Waals surface area contributed by atoms with E-state index in [0.29, 0.717) is 54.9 Å². The van der Waals surface area contributed by atoms with Gasteiger partial charge in [-0.1, -0.05) is 0 Å². The van der Waals surface area contributed by atoms with Gasteiger partial charge < -0.3 is 28.7 Å². The summed E-state index contributed by atoms with van der Waals surface area (Å²) < 4.78 is 21.7. The van der Waals surface area contributed by atoms with E-state index in [4.69, 9.17) is 18.9 Å². The zero-order chi connectivity index (χ0) is 23.2. The molecule has 0 spiro atoms. The second-order valence-electron chi connectivity index (χ2n) is 8.64. The molecule has 0 unspecified atom stereocenters. The Bertz CT molecular complexity index is 766. The first kappa shape index (κ1) is 24.6. The zero-order valence-electron chi connectivity index (χ0n) is 19.8. The van der Waals surface area contributed by atoms with Crippen molar-refractivity contribution in [3.8, 4) is 17.2 Å². The van der Waals surface area contributed by atoms with Gasteiger partial charge in [0.1, 0.15) is 5.60 Å².